The molecule has 9 aliphatic rings. The molecule has 15 N–H and O–H groups in total. The van der Waals surface area contributed by atoms with Crippen molar-refractivity contribution >= 4 is 11.7 Å². The van der Waals surface area contributed by atoms with Crippen LogP contribution in [-0.4, -0.2) is 253 Å². The van der Waals surface area contributed by atoms with Crippen molar-refractivity contribution in [2.75, 3.05) is 45.4 Å². The van der Waals surface area contributed by atoms with Crippen LogP contribution in [0.5, 0.6) is 0 Å². The van der Waals surface area contributed by atoms with Crippen LogP contribution in [0.2, 0.25) is 0 Å². The largest absolute Gasteiger partial charge is 0.453 e. The number of fused-ring (bicyclic) bond motifs is 7. The van der Waals surface area contributed by atoms with Crippen LogP contribution in [-0.2, 0) is 42.6 Å². The molecule has 0 unspecified atom stereocenters. The lowest BCUT2D eigenvalue weighted by molar-refractivity contribution is -0.348. The summed E-state index contributed by atoms with van der Waals surface area (Å²) in [6.07, 6.45) is -25.0. The number of hydrogen-bond acceptors (Lipinski definition) is 25. The van der Waals surface area contributed by atoms with Crippen molar-refractivity contribution in [2.45, 2.75) is 235 Å². The van der Waals surface area contributed by atoms with Crippen molar-refractivity contribution in [3.05, 3.63) is 41.5 Å². The minimum Gasteiger partial charge on any atom is -0.453 e. The van der Waals surface area contributed by atoms with Crippen LogP contribution < -0.4 is 5.32 Å². The van der Waals surface area contributed by atoms with Crippen molar-refractivity contribution < 1.29 is 119 Å². The van der Waals surface area contributed by atoms with Gasteiger partial charge in [-0.25, -0.2) is 4.79 Å². The van der Waals surface area contributed by atoms with Crippen molar-refractivity contribution in [1.82, 2.24) is 0 Å². The number of carbonyl (C=O) groups is 1. The highest BCUT2D eigenvalue weighted by atomic mass is 16.7. The summed E-state index contributed by atoms with van der Waals surface area (Å²) in [5.41, 5.74) is -1.47. The van der Waals surface area contributed by atoms with Gasteiger partial charge in [0.1, 0.15) is 85.5 Å². The van der Waals surface area contributed by atoms with Gasteiger partial charge in [0, 0.05) is 18.2 Å². The molecular weight excluding hydrogens is 1130 g/mol. The van der Waals surface area contributed by atoms with E-state index >= 15 is 0 Å². The van der Waals surface area contributed by atoms with Crippen LogP contribution in [0.15, 0.2) is 35.9 Å². The van der Waals surface area contributed by atoms with E-state index in [0.29, 0.717) is 24.9 Å². The van der Waals surface area contributed by atoms with Crippen LogP contribution in [0.1, 0.15) is 110 Å². The van der Waals surface area contributed by atoms with E-state index in [4.69, 9.17) is 42.6 Å². The summed E-state index contributed by atoms with van der Waals surface area (Å²) >= 11 is 0. The lowest BCUT2D eigenvalue weighted by atomic mass is 9.33. The summed E-state index contributed by atoms with van der Waals surface area (Å²) in [6.45, 7) is 12.9. The van der Waals surface area contributed by atoms with Crippen molar-refractivity contribution in [3.8, 4) is 0 Å². The van der Waals surface area contributed by atoms with E-state index in [2.05, 4.69) is 46.0 Å². The fraction of sp³-hybridized carbons (Fsp3) is 0.852. The third-order valence-electron chi connectivity index (χ3n) is 23.0. The molecule has 25 heteroatoms. The minimum atomic E-state index is -1.82. The quantitative estimate of drug-likeness (QED) is 0.0564. The predicted molar refractivity (Wildman–Crippen MR) is 299 cm³/mol. The number of allylic oxidation sites excluding steroid dienone is 2. The SMILES string of the molecule is CNc1ccccc1C(=O)O[C@@H]1[C@@H](O)[C@H](O[C@H]2C[C@]3(CO)[C@@H](O)C[C@]4(C)C(=CC[C@@H]5[C@@]6(C)CC[C@H](O[C@@H]7O[C@H](CO[C@@H]8O[C@H](CO[C@@H]9OC[C@@H](O)[C@H](O)[C@H]9O)[C@@H](O)[C@H](O)[C@H]8O)[C@@H](O)[C@H](O)[C@H]7O)C(C)(C)[C@@H]6CC[C@]54C)[C@@H]3CC2(C)C)O[C@H](CO)[C@H]1O. The first-order chi connectivity index (χ1) is 40.4. The summed E-state index contributed by atoms with van der Waals surface area (Å²) in [7, 11) is 1.64. The molecule has 0 spiro atoms. The number of para-hydroxylation sites is 1. The molecule has 1 aromatic carbocycles. The fourth-order valence-corrected chi connectivity index (χ4v) is 17.5. The Morgan fingerprint density at radius 1 is 0.628 bits per heavy atom. The molecular formula is C61H95NO24. The molecule has 86 heavy (non-hydrogen) atoms. The highest BCUT2D eigenvalue weighted by Crippen LogP contribution is 2.76. The average Bonchev–Trinajstić information content (AvgIpc) is 0.687. The second-order valence-corrected chi connectivity index (χ2v) is 28.3. The second-order valence-electron chi connectivity index (χ2n) is 28.3. The van der Waals surface area contributed by atoms with Gasteiger partial charge in [0.05, 0.1) is 56.9 Å². The fourth-order valence-electron chi connectivity index (χ4n) is 17.5. The Kier molecular flexibility index (Phi) is 19.1. The molecule has 0 bridgehead atoms. The molecule has 4 saturated heterocycles. The first-order valence-corrected chi connectivity index (χ1v) is 30.6. The van der Waals surface area contributed by atoms with E-state index in [1.807, 2.05) is 13.8 Å². The van der Waals surface area contributed by atoms with Crippen molar-refractivity contribution in [3.63, 3.8) is 0 Å². The summed E-state index contributed by atoms with van der Waals surface area (Å²) in [5.74, 6) is -0.851. The molecule has 0 amide bonds. The van der Waals surface area contributed by atoms with E-state index in [1.165, 1.54) is 5.57 Å². The molecule has 5 aliphatic carbocycles. The maximum absolute atomic E-state index is 13.5. The van der Waals surface area contributed by atoms with E-state index in [9.17, 15) is 76.3 Å². The standard InChI is InChI=1S/C61H95NO24/c1-56(2)19-29-28-13-14-36-58(5)17-16-38(84-54-48(75)45(72)42(69)34(83-54)25-80-53-47(74)44(71)41(68)33(82-53)24-79-52-46(73)40(67)31(65)23-78-52)57(3,4)35(58)15-18-59(36,6)60(28,7)20-37(66)61(29,26-64)21-39(56)85-55-49(76)50(43(70)32(22-63)81-55)86-51(77)27-11-9-10-12-30(27)62-8/h9-13,29,31-50,52-55,62-76H,14-26H2,1-8H3/t29-,31+,32+,33+,34+,35-,36+,37-,38-,39-,40-,41+,42+,43+,44-,45-,46+,47+,48+,49+,50-,52-,53+,54-,55-,58-,59+,60+,61+/m0/s1. The average molecular weight is 1230 g/mol. The molecule has 1 aromatic rings. The zero-order chi connectivity index (χ0) is 62.5. The number of esters is 1. The topological polar surface area (TPSA) is 395 Å². The second kappa shape index (κ2) is 24.8. The molecule has 488 valence electrons. The third kappa shape index (κ3) is 11.1. The number of benzene rings is 1. The zero-order valence-electron chi connectivity index (χ0n) is 50.4. The van der Waals surface area contributed by atoms with Crippen LogP contribution in [0.3, 0.4) is 0 Å². The van der Waals surface area contributed by atoms with Gasteiger partial charge in [-0.2, -0.15) is 0 Å². The van der Waals surface area contributed by atoms with E-state index < -0.39 is 182 Å². The number of aliphatic hydroxyl groups is 14. The van der Waals surface area contributed by atoms with Crippen molar-refractivity contribution in [2.24, 2.45) is 50.2 Å². The molecule has 0 aromatic heterocycles. The third-order valence-corrected chi connectivity index (χ3v) is 23.0. The number of aliphatic hydroxyl groups excluding tert-OH is 14. The highest BCUT2D eigenvalue weighted by molar-refractivity contribution is 5.95. The van der Waals surface area contributed by atoms with Crippen LogP contribution in [0.25, 0.3) is 0 Å². The van der Waals surface area contributed by atoms with E-state index in [0.717, 1.165) is 25.7 Å². The Labute approximate surface area is 501 Å². The van der Waals surface area contributed by atoms with Gasteiger partial charge >= 0.3 is 5.97 Å². The number of nitrogens with one attached hydrogen (secondary N) is 1. The molecule has 29 atom stereocenters. The van der Waals surface area contributed by atoms with Crippen LogP contribution in [0, 0.1) is 50.2 Å². The molecule has 10 rings (SSSR count). The first kappa shape index (κ1) is 66.3. The van der Waals surface area contributed by atoms with Crippen molar-refractivity contribution in [1.29, 1.82) is 0 Å². The zero-order valence-corrected chi connectivity index (χ0v) is 50.4. The smallest absolute Gasteiger partial charge is 0.340 e. The van der Waals surface area contributed by atoms with E-state index in [1.54, 1.807) is 31.3 Å². The molecule has 8 fully saturated rings. The van der Waals surface area contributed by atoms with Crippen LogP contribution in [0.4, 0.5) is 5.69 Å². The van der Waals surface area contributed by atoms with Gasteiger partial charge in [-0.15, -0.1) is 0 Å². The summed E-state index contributed by atoms with van der Waals surface area (Å²) in [6, 6.07) is 6.62. The van der Waals surface area contributed by atoms with Gasteiger partial charge in [0.25, 0.3) is 0 Å². The number of anilines is 1. The molecule has 4 heterocycles. The van der Waals surface area contributed by atoms with Gasteiger partial charge in [-0.1, -0.05) is 72.2 Å². The van der Waals surface area contributed by atoms with Gasteiger partial charge in [-0.05, 0) is 108 Å². The predicted octanol–water partition coefficient (Wildman–Crippen LogP) is -1.07. The molecule has 4 aliphatic heterocycles. The Morgan fingerprint density at radius 2 is 1.22 bits per heavy atom. The molecule has 0 radical (unpaired) electrons. The molecule has 25 nitrogen and oxygen atoms in total. The van der Waals surface area contributed by atoms with Gasteiger partial charge in [-0.3, -0.25) is 0 Å². The van der Waals surface area contributed by atoms with Gasteiger partial charge in [0.2, 0.25) is 0 Å². The molecule has 4 saturated carbocycles. The normalized spacial score (nSPS) is 49.9. The summed E-state index contributed by atoms with van der Waals surface area (Å²) < 4.78 is 53.7. The maximum Gasteiger partial charge on any atom is 0.340 e. The summed E-state index contributed by atoms with van der Waals surface area (Å²) in [5, 5.41) is 157. The Hall–Kier alpha value is -2.65. The van der Waals surface area contributed by atoms with E-state index in [-0.39, 0.29) is 53.8 Å². The Morgan fingerprint density at radius 3 is 1.87 bits per heavy atom. The van der Waals surface area contributed by atoms with Gasteiger partial charge < -0.3 is 119 Å². The maximum atomic E-state index is 13.5. The Bertz CT molecular complexity index is 2560. The summed E-state index contributed by atoms with van der Waals surface area (Å²) in [4.78, 5) is 13.5. The minimum absolute atomic E-state index is 0.0849. The number of ether oxygens (including phenoxy) is 9. The number of hydrogen-bond donors (Lipinski definition) is 15. The monoisotopic (exact) mass is 1230 g/mol. The lowest BCUT2D eigenvalue weighted by Crippen LogP contribution is -2.68. The first-order valence-electron chi connectivity index (χ1n) is 30.6. The Balaban J connectivity index is 0.810. The highest BCUT2D eigenvalue weighted by Gasteiger charge is 2.71. The van der Waals surface area contributed by atoms with Gasteiger partial charge in [0.15, 0.2) is 31.3 Å². The van der Waals surface area contributed by atoms with Crippen LogP contribution >= 0.6 is 0 Å². The number of carbonyl (C=O) groups excluding carboxylic acids is 1. The lowest BCUT2D eigenvalue weighted by Gasteiger charge is -2.72. The number of rotatable bonds is 15.